The second-order valence-corrected chi connectivity index (χ2v) is 10.2. The van der Waals surface area contributed by atoms with Crippen LogP contribution in [0.3, 0.4) is 0 Å². The van der Waals surface area contributed by atoms with Gasteiger partial charge in [-0.2, -0.15) is 0 Å². The average Bonchev–Trinajstić information content (AvgIpc) is 2.87. The first-order valence-electron chi connectivity index (χ1n) is 10.1. The Labute approximate surface area is 210 Å². The van der Waals surface area contributed by atoms with Gasteiger partial charge in [-0.3, -0.25) is 19.6 Å². The molecule has 0 saturated carbocycles. The molecular weight excluding hydrogens is 512 g/mol. The quantitative estimate of drug-likeness (QED) is 0.204. The molecule has 0 radical (unpaired) electrons. The molecule has 180 valence electrons. The average molecular weight is 531 g/mol. The molecule has 1 aromatic heterocycles. The number of hydrogen-bond donors (Lipinski definition) is 2. The van der Waals surface area contributed by atoms with Crippen molar-refractivity contribution in [2.24, 2.45) is 0 Å². The molecule has 0 aliphatic carbocycles. The lowest BCUT2D eigenvalue weighted by atomic mass is 10.2. The molecule has 12 heteroatoms. The number of hydrogen-bond acceptors (Lipinski definition) is 7. The first-order chi connectivity index (χ1) is 16.8. The van der Waals surface area contributed by atoms with Gasteiger partial charge in [0.15, 0.2) is 5.16 Å². The topological polar surface area (TPSA) is 119 Å². The smallest absolute Gasteiger partial charge is 0.266 e. The highest BCUT2D eigenvalue weighted by Gasteiger charge is 2.17. The number of thioether (sulfide) groups is 1. The molecule has 9 nitrogen and oxygen atoms in total. The number of hydrazine groups is 1. The van der Waals surface area contributed by atoms with Crippen LogP contribution < -0.4 is 20.6 Å². The summed E-state index contributed by atoms with van der Waals surface area (Å²) in [6, 6.07) is 19.2. The Balaban J connectivity index is 1.60. The number of carbonyl (C=O) groups excluding carboxylic acids is 1. The minimum Gasteiger partial charge on any atom is -0.497 e. The van der Waals surface area contributed by atoms with E-state index >= 15 is 0 Å². The molecule has 0 aliphatic heterocycles. The van der Waals surface area contributed by atoms with Gasteiger partial charge in [0.25, 0.3) is 15.6 Å². The van der Waals surface area contributed by atoms with Crippen LogP contribution in [0.5, 0.6) is 5.75 Å². The summed E-state index contributed by atoms with van der Waals surface area (Å²) >= 11 is 7.06. The fraction of sp³-hybridized carbons (Fsp3) is 0.0870. The number of nitrogens with zero attached hydrogens (tertiary/aromatic N) is 2. The minimum atomic E-state index is -3.92. The predicted octanol–water partition coefficient (Wildman–Crippen LogP) is 3.15. The number of fused-ring (bicyclic) bond motifs is 1. The highest BCUT2D eigenvalue weighted by molar-refractivity contribution is 7.99. The molecule has 0 atom stereocenters. The van der Waals surface area contributed by atoms with E-state index in [4.69, 9.17) is 16.3 Å². The molecule has 1 amide bonds. The second-order valence-electron chi connectivity index (χ2n) is 7.15. The lowest BCUT2D eigenvalue weighted by Gasteiger charge is -2.14. The Hall–Kier alpha value is -3.38. The number of sulfonamides is 1. The Bertz CT molecular complexity index is 1540. The summed E-state index contributed by atoms with van der Waals surface area (Å²) in [6.45, 7) is 0. The summed E-state index contributed by atoms with van der Waals surface area (Å²) in [5.74, 6) is -0.224. The molecule has 4 aromatic rings. The summed E-state index contributed by atoms with van der Waals surface area (Å²) in [4.78, 5) is 32.4. The molecule has 35 heavy (non-hydrogen) atoms. The van der Waals surface area contributed by atoms with Crippen molar-refractivity contribution in [1.82, 2.24) is 19.8 Å². The third-order valence-electron chi connectivity index (χ3n) is 4.84. The van der Waals surface area contributed by atoms with Crippen molar-refractivity contribution in [3.05, 3.63) is 88.2 Å². The Kier molecular flexibility index (Phi) is 7.41. The van der Waals surface area contributed by atoms with E-state index in [9.17, 15) is 18.0 Å². The van der Waals surface area contributed by atoms with Crippen LogP contribution in [0.4, 0.5) is 0 Å². The number of aromatic nitrogens is 2. The van der Waals surface area contributed by atoms with E-state index in [1.54, 1.807) is 54.6 Å². The maximum absolute atomic E-state index is 13.3. The van der Waals surface area contributed by atoms with Crippen LogP contribution in [-0.2, 0) is 14.8 Å². The lowest BCUT2D eigenvalue weighted by Crippen LogP contribution is -2.42. The van der Waals surface area contributed by atoms with Gasteiger partial charge in [0.1, 0.15) is 5.75 Å². The van der Waals surface area contributed by atoms with Crippen LogP contribution in [0, 0.1) is 0 Å². The van der Waals surface area contributed by atoms with Crippen LogP contribution in [0.25, 0.3) is 16.6 Å². The normalized spacial score (nSPS) is 11.4. The Morgan fingerprint density at radius 3 is 2.49 bits per heavy atom. The number of carbonyl (C=O) groups is 1. The fourth-order valence-corrected chi connectivity index (χ4v) is 5.01. The number of benzene rings is 3. The van der Waals surface area contributed by atoms with Gasteiger partial charge in [-0.15, -0.1) is 4.83 Å². The zero-order chi connectivity index (χ0) is 25.0. The maximum Gasteiger partial charge on any atom is 0.266 e. The van der Waals surface area contributed by atoms with Crippen LogP contribution in [0.1, 0.15) is 0 Å². The van der Waals surface area contributed by atoms with Crippen molar-refractivity contribution in [2.75, 3.05) is 12.9 Å². The fourth-order valence-electron chi connectivity index (χ4n) is 3.14. The van der Waals surface area contributed by atoms with E-state index in [0.717, 1.165) is 11.8 Å². The molecule has 0 saturated heterocycles. The van der Waals surface area contributed by atoms with E-state index in [2.05, 4.69) is 15.2 Å². The summed E-state index contributed by atoms with van der Waals surface area (Å²) < 4.78 is 31.2. The minimum absolute atomic E-state index is 0.0103. The second kappa shape index (κ2) is 10.5. The number of methoxy groups -OCH3 is 1. The van der Waals surface area contributed by atoms with Crippen molar-refractivity contribution in [3.8, 4) is 11.4 Å². The van der Waals surface area contributed by atoms with Gasteiger partial charge >= 0.3 is 0 Å². The molecule has 1 heterocycles. The van der Waals surface area contributed by atoms with Gasteiger partial charge in [0.2, 0.25) is 5.91 Å². The highest BCUT2D eigenvalue weighted by atomic mass is 35.5. The lowest BCUT2D eigenvalue weighted by molar-refractivity contribution is -0.119. The zero-order valence-electron chi connectivity index (χ0n) is 18.3. The van der Waals surface area contributed by atoms with Crippen LogP contribution in [0.15, 0.2) is 87.6 Å². The predicted molar refractivity (Wildman–Crippen MR) is 135 cm³/mol. The third-order valence-corrected chi connectivity index (χ3v) is 7.28. The number of halogens is 1. The van der Waals surface area contributed by atoms with Crippen molar-refractivity contribution in [3.63, 3.8) is 0 Å². The summed E-state index contributed by atoms with van der Waals surface area (Å²) in [5, 5.41) is 0.956. The monoisotopic (exact) mass is 530 g/mol. The SMILES string of the molecule is COc1ccc(-n2c(SCC(=O)NNS(=O)(=O)c3ccccc3)nc3ccc(Cl)cc3c2=O)cc1. The molecule has 3 aromatic carbocycles. The van der Waals surface area contributed by atoms with Crippen molar-refractivity contribution >= 4 is 50.2 Å². The zero-order valence-corrected chi connectivity index (χ0v) is 20.7. The molecular formula is C23H19ClN4O5S2. The van der Waals surface area contributed by atoms with Gasteiger partial charge in [-0.1, -0.05) is 41.6 Å². The number of ether oxygens (including phenoxy) is 1. The van der Waals surface area contributed by atoms with Crippen LogP contribution in [0.2, 0.25) is 5.02 Å². The number of nitrogens with one attached hydrogen (secondary N) is 2. The van der Waals surface area contributed by atoms with E-state index in [-0.39, 0.29) is 21.4 Å². The molecule has 0 fully saturated rings. The summed E-state index contributed by atoms with van der Waals surface area (Å²) in [7, 11) is -2.39. The molecule has 0 bridgehead atoms. The Morgan fingerprint density at radius 1 is 1.09 bits per heavy atom. The van der Waals surface area contributed by atoms with Crippen molar-refractivity contribution in [2.45, 2.75) is 10.1 Å². The number of amides is 1. The molecule has 0 spiro atoms. The van der Waals surface area contributed by atoms with Gasteiger partial charge in [0.05, 0.1) is 34.3 Å². The van der Waals surface area contributed by atoms with Crippen molar-refractivity contribution < 1.29 is 17.9 Å². The molecule has 0 aliphatic rings. The standard InChI is InChI=1S/C23H19ClN4O5S2/c1-33-17-10-8-16(9-11-17)28-22(30)19-13-15(24)7-12-20(19)25-23(28)34-14-21(29)26-27-35(31,32)18-5-3-2-4-6-18/h2-13,27H,14H2,1H3,(H,26,29). The highest BCUT2D eigenvalue weighted by Crippen LogP contribution is 2.24. The largest absolute Gasteiger partial charge is 0.497 e. The molecule has 4 rings (SSSR count). The van der Waals surface area contributed by atoms with E-state index in [1.807, 2.05) is 0 Å². The van der Waals surface area contributed by atoms with E-state index in [0.29, 0.717) is 27.4 Å². The number of rotatable bonds is 8. The van der Waals surface area contributed by atoms with Gasteiger partial charge in [-0.25, -0.2) is 13.4 Å². The van der Waals surface area contributed by atoms with Crippen LogP contribution >= 0.6 is 23.4 Å². The Morgan fingerprint density at radius 2 is 1.80 bits per heavy atom. The van der Waals surface area contributed by atoms with Gasteiger partial charge in [0, 0.05) is 5.02 Å². The third kappa shape index (κ3) is 5.65. The molecule has 2 N–H and O–H groups in total. The van der Waals surface area contributed by atoms with E-state index < -0.39 is 15.9 Å². The van der Waals surface area contributed by atoms with Crippen molar-refractivity contribution in [1.29, 1.82) is 0 Å². The first kappa shape index (κ1) is 24.7. The summed E-state index contributed by atoms with van der Waals surface area (Å²) in [5.41, 5.74) is 2.74. The maximum atomic E-state index is 13.3. The molecule has 0 unspecified atom stereocenters. The van der Waals surface area contributed by atoms with Crippen LogP contribution in [-0.4, -0.2) is 36.7 Å². The first-order valence-corrected chi connectivity index (χ1v) is 13.0. The van der Waals surface area contributed by atoms with Gasteiger partial charge in [-0.05, 0) is 54.6 Å². The van der Waals surface area contributed by atoms with Gasteiger partial charge < -0.3 is 4.74 Å². The van der Waals surface area contributed by atoms with E-state index in [1.165, 1.54) is 29.9 Å². The summed E-state index contributed by atoms with van der Waals surface area (Å²) in [6.07, 6.45) is 0.